The smallest absolute Gasteiger partial charge is 0.405 e. The molecule has 5 N–H and O–H groups in total. The van der Waals surface area contributed by atoms with Gasteiger partial charge in [-0.15, -0.1) is 13.2 Å². The van der Waals surface area contributed by atoms with Crippen molar-refractivity contribution in [3.63, 3.8) is 0 Å². The van der Waals surface area contributed by atoms with Gasteiger partial charge in [-0.25, -0.2) is 9.78 Å². The fourth-order valence-corrected chi connectivity index (χ4v) is 4.77. The number of ether oxygens (including phenoxy) is 1. The van der Waals surface area contributed by atoms with E-state index in [0.717, 1.165) is 30.6 Å². The minimum atomic E-state index is -4.91. The minimum absolute atomic E-state index is 0.172. The van der Waals surface area contributed by atoms with E-state index in [1.807, 2.05) is 24.3 Å². The van der Waals surface area contributed by atoms with Gasteiger partial charge in [0, 0.05) is 18.7 Å². The van der Waals surface area contributed by atoms with Crippen molar-refractivity contribution in [3.8, 4) is 16.9 Å². The number of imidazole rings is 1. The number of hydrogen-bond donors (Lipinski definition) is 4. The highest BCUT2D eigenvalue weighted by atomic mass is 19.4. The van der Waals surface area contributed by atoms with Gasteiger partial charge in [0.15, 0.2) is 5.65 Å². The third kappa shape index (κ3) is 5.50. The van der Waals surface area contributed by atoms with Crippen molar-refractivity contribution in [2.45, 2.75) is 32.3 Å². The van der Waals surface area contributed by atoms with Gasteiger partial charge in [-0.1, -0.05) is 24.3 Å². The first kappa shape index (κ1) is 25.7. The molecule has 2 atom stereocenters. The van der Waals surface area contributed by atoms with Gasteiger partial charge in [-0.05, 0) is 67.2 Å². The third-order valence-corrected chi connectivity index (χ3v) is 6.74. The van der Waals surface area contributed by atoms with E-state index in [-0.39, 0.29) is 11.2 Å². The predicted molar refractivity (Wildman–Crippen MR) is 138 cm³/mol. The van der Waals surface area contributed by atoms with Crippen molar-refractivity contribution in [2.75, 3.05) is 25.0 Å². The van der Waals surface area contributed by atoms with Gasteiger partial charge in [0.05, 0.1) is 12.2 Å². The van der Waals surface area contributed by atoms with Gasteiger partial charge >= 0.3 is 12.1 Å². The third-order valence-electron chi connectivity index (χ3n) is 6.74. The van der Waals surface area contributed by atoms with E-state index >= 15 is 0 Å². The van der Waals surface area contributed by atoms with Crippen molar-refractivity contribution in [1.82, 2.24) is 24.8 Å². The number of rotatable bonds is 8. The summed E-state index contributed by atoms with van der Waals surface area (Å²) < 4.78 is 45.6. The molecule has 1 aliphatic rings. The molecular formula is C26H28F3N7O2. The second kappa shape index (κ2) is 10.5. The summed E-state index contributed by atoms with van der Waals surface area (Å²) in [4.78, 5) is 24.5. The van der Waals surface area contributed by atoms with Crippen molar-refractivity contribution in [2.24, 2.45) is 11.7 Å². The molecule has 200 valence electrons. The lowest BCUT2D eigenvalue weighted by Crippen LogP contribution is -2.24. The van der Waals surface area contributed by atoms with Crippen LogP contribution in [0.5, 0.6) is 5.75 Å². The van der Waals surface area contributed by atoms with Gasteiger partial charge in [-0.2, -0.15) is 4.98 Å². The molecule has 3 heterocycles. The highest BCUT2D eigenvalue weighted by molar-refractivity contribution is 5.72. The monoisotopic (exact) mass is 527 g/mol. The lowest BCUT2D eigenvalue weighted by molar-refractivity contribution is -0.275. The van der Waals surface area contributed by atoms with E-state index < -0.39 is 23.8 Å². The Kier molecular flexibility index (Phi) is 7.09. The number of nitrogens with zero attached hydrogens (tertiary/aromatic N) is 3. The molecule has 1 saturated heterocycles. The number of aromatic nitrogens is 4. The second-order valence-electron chi connectivity index (χ2n) is 9.35. The van der Waals surface area contributed by atoms with Crippen LogP contribution in [0.2, 0.25) is 0 Å². The Balaban J connectivity index is 1.56. The van der Waals surface area contributed by atoms with E-state index in [4.69, 9.17) is 5.73 Å². The van der Waals surface area contributed by atoms with Crippen LogP contribution in [0, 0.1) is 5.92 Å². The number of hydrogen-bond acceptors (Lipinski definition) is 7. The average molecular weight is 528 g/mol. The maximum absolute atomic E-state index is 13.3. The summed E-state index contributed by atoms with van der Waals surface area (Å²) in [6.07, 6.45) is -2.38. The molecule has 1 aliphatic heterocycles. The van der Waals surface area contributed by atoms with Gasteiger partial charge < -0.3 is 26.1 Å². The van der Waals surface area contributed by atoms with Crippen molar-refractivity contribution in [1.29, 1.82) is 0 Å². The first-order valence-corrected chi connectivity index (χ1v) is 12.3. The van der Waals surface area contributed by atoms with Crippen LogP contribution in [0.1, 0.15) is 30.5 Å². The Bertz CT molecular complexity index is 1490. The summed E-state index contributed by atoms with van der Waals surface area (Å²) in [5, 5.41) is 6.50. The second-order valence-corrected chi connectivity index (χ2v) is 9.35. The van der Waals surface area contributed by atoms with Crippen LogP contribution >= 0.6 is 0 Å². The zero-order valence-electron chi connectivity index (χ0n) is 20.7. The SMILES string of the molecule is C[C@H](c1cc(-c2cccc(CN)c2)ccc1OC(F)(F)F)n1c(=O)[nH]c2cnc(NC[C@@H]3CCNC3)nc21. The minimum Gasteiger partial charge on any atom is -0.405 e. The van der Waals surface area contributed by atoms with Crippen LogP contribution < -0.4 is 26.8 Å². The molecule has 0 bridgehead atoms. The number of nitrogens with one attached hydrogen (secondary N) is 3. The summed E-state index contributed by atoms with van der Waals surface area (Å²) in [6.45, 7) is 4.47. The predicted octanol–water partition coefficient (Wildman–Crippen LogP) is 3.77. The molecule has 0 amide bonds. The maximum Gasteiger partial charge on any atom is 0.573 e. The molecule has 38 heavy (non-hydrogen) atoms. The number of nitrogens with two attached hydrogens (primary N) is 1. The lowest BCUT2D eigenvalue weighted by atomic mass is 9.97. The highest BCUT2D eigenvalue weighted by Gasteiger charge is 2.33. The number of H-pyrrole nitrogens is 1. The van der Waals surface area contributed by atoms with Crippen LogP contribution in [-0.4, -0.2) is 45.5 Å². The van der Waals surface area contributed by atoms with Crippen LogP contribution in [0.4, 0.5) is 19.1 Å². The molecule has 5 rings (SSSR count). The highest BCUT2D eigenvalue weighted by Crippen LogP contribution is 2.36. The van der Waals surface area contributed by atoms with Crippen LogP contribution in [-0.2, 0) is 6.54 Å². The molecule has 0 unspecified atom stereocenters. The number of aromatic amines is 1. The molecule has 0 radical (unpaired) electrons. The Morgan fingerprint density at radius 1 is 1.24 bits per heavy atom. The Hall–Kier alpha value is -3.90. The van der Waals surface area contributed by atoms with E-state index in [9.17, 15) is 18.0 Å². The molecular weight excluding hydrogens is 499 g/mol. The number of anilines is 1. The Labute approximate surface area is 216 Å². The lowest BCUT2D eigenvalue weighted by Gasteiger charge is -2.20. The standard InChI is InChI=1S/C26H28F3N7O2/c1-15(36-23-21(34-25(36)37)14-33-24(35-23)32-13-17-7-8-31-12-17)20-10-19(5-6-22(20)38-26(27,28)29)18-4-2-3-16(9-18)11-30/h2-6,9-10,14-15,17,31H,7-8,11-13,30H2,1H3,(H,34,37)(H,32,33,35)/t15-,17-/m1/s1. The molecule has 0 spiro atoms. The van der Waals surface area contributed by atoms with E-state index in [0.29, 0.717) is 36.0 Å². The van der Waals surface area contributed by atoms with Gasteiger partial charge in [-0.3, -0.25) is 4.57 Å². The van der Waals surface area contributed by atoms with Crippen LogP contribution in [0.15, 0.2) is 53.5 Å². The van der Waals surface area contributed by atoms with Gasteiger partial charge in [0.25, 0.3) is 0 Å². The molecule has 0 aliphatic carbocycles. The summed E-state index contributed by atoms with van der Waals surface area (Å²) in [5.41, 5.74) is 8.39. The number of halogens is 3. The number of benzene rings is 2. The fraction of sp³-hybridized carbons (Fsp3) is 0.346. The Morgan fingerprint density at radius 2 is 2.05 bits per heavy atom. The molecule has 2 aromatic heterocycles. The fourth-order valence-electron chi connectivity index (χ4n) is 4.77. The van der Waals surface area contributed by atoms with Crippen LogP contribution in [0.25, 0.3) is 22.3 Å². The molecule has 9 nitrogen and oxygen atoms in total. The molecule has 12 heteroatoms. The summed E-state index contributed by atoms with van der Waals surface area (Å²) in [7, 11) is 0. The average Bonchev–Trinajstić information content (AvgIpc) is 3.53. The molecule has 1 fully saturated rings. The first-order chi connectivity index (χ1) is 18.2. The number of alkyl halides is 3. The van der Waals surface area contributed by atoms with Gasteiger partial charge in [0.1, 0.15) is 11.3 Å². The maximum atomic E-state index is 13.3. The molecule has 0 saturated carbocycles. The topological polar surface area (TPSA) is 123 Å². The van der Waals surface area contributed by atoms with Crippen molar-refractivity contribution >= 4 is 17.1 Å². The largest absolute Gasteiger partial charge is 0.573 e. The quantitative estimate of drug-likeness (QED) is 0.275. The van der Waals surface area contributed by atoms with Gasteiger partial charge in [0.2, 0.25) is 5.95 Å². The van der Waals surface area contributed by atoms with E-state index in [1.165, 1.54) is 16.8 Å². The summed E-state index contributed by atoms with van der Waals surface area (Å²) in [6, 6.07) is 11.0. The number of fused-ring (bicyclic) bond motifs is 1. The zero-order valence-corrected chi connectivity index (χ0v) is 20.7. The van der Waals surface area contributed by atoms with E-state index in [2.05, 4.69) is 30.3 Å². The summed E-state index contributed by atoms with van der Waals surface area (Å²) in [5.74, 6) is 0.374. The Morgan fingerprint density at radius 3 is 2.79 bits per heavy atom. The first-order valence-electron chi connectivity index (χ1n) is 12.3. The van der Waals surface area contributed by atoms with Crippen LogP contribution in [0.3, 0.4) is 0 Å². The van der Waals surface area contributed by atoms with Crippen molar-refractivity contribution < 1.29 is 17.9 Å². The molecule has 4 aromatic rings. The zero-order chi connectivity index (χ0) is 26.9. The van der Waals surface area contributed by atoms with Crippen molar-refractivity contribution in [3.05, 3.63) is 70.3 Å². The molecule has 2 aromatic carbocycles. The van der Waals surface area contributed by atoms with E-state index in [1.54, 1.807) is 19.1 Å². The normalized spacial score (nSPS) is 16.6. The summed E-state index contributed by atoms with van der Waals surface area (Å²) >= 11 is 0.